The summed E-state index contributed by atoms with van der Waals surface area (Å²) >= 11 is 0. The molecule has 1 aliphatic carbocycles. The normalized spacial score (nSPS) is 20.5. The molecule has 1 heterocycles. The van der Waals surface area contributed by atoms with Crippen LogP contribution in [-0.2, 0) is 6.42 Å². The van der Waals surface area contributed by atoms with Gasteiger partial charge >= 0.3 is 5.97 Å². The number of hydrogen-bond acceptors (Lipinski definition) is 6. The molecule has 4 rings (SSSR count). The molecule has 2 aromatic carbocycles. The van der Waals surface area contributed by atoms with Gasteiger partial charge in [-0.3, -0.25) is 0 Å². The Morgan fingerprint density at radius 1 is 1.12 bits per heavy atom. The van der Waals surface area contributed by atoms with E-state index in [2.05, 4.69) is 39.8 Å². The summed E-state index contributed by atoms with van der Waals surface area (Å²) in [6, 6.07) is 6.17. The van der Waals surface area contributed by atoms with E-state index in [-0.39, 0.29) is 23.0 Å². The van der Waals surface area contributed by atoms with E-state index in [9.17, 15) is 20.1 Å². The van der Waals surface area contributed by atoms with Gasteiger partial charge in [0.15, 0.2) is 17.2 Å². The quantitative estimate of drug-likeness (QED) is 0.151. The van der Waals surface area contributed by atoms with Crippen LogP contribution in [0.2, 0.25) is 0 Å². The van der Waals surface area contributed by atoms with Crippen molar-refractivity contribution in [3.63, 3.8) is 0 Å². The molecule has 0 unspecified atom stereocenters. The lowest BCUT2D eigenvalue weighted by molar-refractivity contribution is 0.0106. The molecular formula is C28H34O6. The summed E-state index contributed by atoms with van der Waals surface area (Å²) in [6.45, 7) is 8.54. The molecule has 1 aliphatic heterocycles. The minimum atomic E-state index is -0.726. The molecule has 34 heavy (non-hydrogen) atoms. The van der Waals surface area contributed by atoms with E-state index in [1.807, 2.05) is 6.07 Å². The second-order valence-electron chi connectivity index (χ2n) is 10.1. The fourth-order valence-corrected chi connectivity index (χ4v) is 5.25. The molecule has 0 fully saturated rings. The molecule has 0 saturated heterocycles. The second kappa shape index (κ2) is 9.24. The number of carbonyl (C=O) groups excluding carboxylic acids is 1. The van der Waals surface area contributed by atoms with Gasteiger partial charge in [-0.2, -0.15) is 0 Å². The van der Waals surface area contributed by atoms with Gasteiger partial charge in [0.25, 0.3) is 0 Å². The molecule has 0 amide bonds. The number of phenols is 3. The Morgan fingerprint density at radius 2 is 1.82 bits per heavy atom. The Labute approximate surface area is 200 Å². The summed E-state index contributed by atoms with van der Waals surface area (Å²) in [5.41, 5.74) is 2.80. The molecule has 2 aromatic rings. The lowest BCUT2D eigenvalue weighted by Gasteiger charge is -2.46. The van der Waals surface area contributed by atoms with Gasteiger partial charge in [0.2, 0.25) is 0 Å². The summed E-state index contributed by atoms with van der Waals surface area (Å²) in [4.78, 5) is 13.1. The fourth-order valence-electron chi connectivity index (χ4n) is 5.25. The maximum absolute atomic E-state index is 13.1. The van der Waals surface area contributed by atoms with E-state index in [1.54, 1.807) is 0 Å². The number of unbranched alkanes of at least 4 members (excludes halogenated alkanes) is 2. The molecule has 0 spiro atoms. The Morgan fingerprint density at radius 3 is 2.50 bits per heavy atom. The first kappa shape index (κ1) is 24.0. The van der Waals surface area contributed by atoms with E-state index in [0.717, 1.165) is 67.5 Å². The molecule has 6 heteroatoms. The van der Waals surface area contributed by atoms with Gasteiger partial charge in [-0.05, 0) is 76.3 Å². The summed E-state index contributed by atoms with van der Waals surface area (Å²) in [5, 5.41) is 29.3. The third-order valence-corrected chi connectivity index (χ3v) is 7.09. The van der Waals surface area contributed by atoms with Gasteiger partial charge in [0.1, 0.15) is 17.1 Å². The van der Waals surface area contributed by atoms with E-state index in [1.165, 1.54) is 5.57 Å². The van der Waals surface area contributed by atoms with Crippen LogP contribution in [0.25, 0.3) is 0 Å². The summed E-state index contributed by atoms with van der Waals surface area (Å²) in [6.07, 6.45) is 8.36. The summed E-state index contributed by atoms with van der Waals surface area (Å²) in [7, 11) is 0. The first-order chi connectivity index (χ1) is 16.1. The van der Waals surface area contributed by atoms with Crippen molar-refractivity contribution in [2.24, 2.45) is 5.92 Å². The lowest BCUT2D eigenvalue weighted by Crippen LogP contribution is -2.45. The lowest BCUT2D eigenvalue weighted by atomic mass is 9.68. The standard InChI is InChI=1S/C28H34O6/c1-5-6-7-8-17-12-23(33-27(32)18-14-21(29)26(31)22(30)15-18)25-19-11-16(2)9-10-20(19)28(3,4)34-24(25)13-17/h11-15,19-20,29-31H,5-10H2,1-4H3/t19-,20-/m1/s1. The minimum absolute atomic E-state index is 0.0538. The van der Waals surface area contributed by atoms with E-state index in [4.69, 9.17) is 9.47 Å². The molecule has 0 radical (unpaired) electrons. The molecule has 182 valence electrons. The zero-order valence-corrected chi connectivity index (χ0v) is 20.4. The molecule has 3 N–H and O–H groups in total. The number of benzene rings is 2. The molecular weight excluding hydrogens is 432 g/mol. The topological polar surface area (TPSA) is 96.2 Å². The number of hydrogen-bond donors (Lipinski definition) is 3. The highest BCUT2D eigenvalue weighted by Crippen LogP contribution is 2.54. The van der Waals surface area contributed by atoms with Gasteiger partial charge in [0.05, 0.1) is 5.56 Å². The van der Waals surface area contributed by atoms with E-state index in [0.29, 0.717) is 5.75 Å². The number of ether oxygens (including phenoxy) is 2. The van der Waals surface area contributed by atoms with Crippen molar-refractivity contribution in [2.75, 3.05) is 0 Å². The van der Waals surface area contributed by atoms with Gasteiger partial charge < -0.3 is 24.8 Å². The van der Waals surface area contributed by atoms with Crippen molar-refractivity contribution in [3.05, 3.63) is 52.6 Å². The highest BCUT2D eigenvalue weighted by atomic mass is 16.5. The SMILES string of the molecule is CCCCCc1cc(OC(=O)c2cc(O)c(O)c(O)c2)c2c(c1)OC(C)(C)[C@@H]1CCC(C)=C[C@@H]21. The number of rotatable bonds is 6. The van der Waals surface area contributed by atoms with Crippen molar-refractivity contribution in [2.45, 2.75) is 77.7 Å². The molecule has 0 bridgehead atoms. The van der Waals surface area contributed by atoms with Gasteiger partial charge in [-0.15, -0.1) is 0 Å². The van der Waals surface area contributed by atoms with Crippen LogP contribution in [0.3, 0.4) is 0 Å². The second-order valence-corrected chi connectivity index (χ2v) is 10.1. The van der Waals surface area contributed by atoms with Crippen LogP contribution in [0.15, 0.2) is 35.9 Å². The molecule has 6 nitrogen and oxygen atoms in total. The predicted octanol–water partition coefficient (Wildman–Crippen LogP) is 6.37. The molecule has 2 atom stereocenters. The van der Waals surface area contributed by atoms with Crippen molar-refractivity contribution in [3.8, 4) is 28.7 Å². The number of allylic oxidation sites excluding steroid dienone is 2. The smallest absolute Gasteiger partial charge is 0.343 e. The number of phenolic OH excluding ortho intramolecular Hbond substituents is 3. The highest BCUT2D eigenvalue weighted by Gasteiger charge is 2.45. The predicted molar refractivity (Wildman–Crippen MR) is 130 cm³/mol. The zero-order chi connectivity index (χ0) is 24.6. The summed E-state index contributed by atoms with van der Waals surface area (Å²) < 4.78 is 12.4. The molecule has 0 saturated carbocycles. The molecule has 2 aliphatic rings. The van der Waals surface area contributed by atoms with Crippen molar-refractivity contribution < 1.29 is 29.6 Å². The van der Waals surface area contributed by atoms with Crippen LogP contribution < -0.4 is 9.47 Å². The van der Waals surface area contributed by atoms with Crippen LogP contribution in [0.1, 0.15) is 87.2 Å². The van der Waals surface area contributed by atoms with Crippen LogP contribution >= 0.6 is 0 Å². The number of carbonyl (C=O) groups is 1. The van der Waals surface area contributed by atoms with Gasteiger partial charge in [-0.25, -0.2) is 4.79 Å². The Balaban J connectivity index is 1.78. The monoisotopic (exact) mass is 466 g/mol. The van der Waals surface area contributed by atoms with Gasteiger partial charge in [0, 0.05) is 17.4 Å². The number of aryl methyl sites for hydroxylation is 1. The van der Waals surface area contributed by atoms with Crippen molar-refractivity contribution in [1.29, 1.82) is 0 Å². The van der Waals surface area contributed by atoms with Crippen LogP contribution in [0, 0.1) is 5.92 Å². The summed E-state index contributed by atoms with van der Waals surface area (Å²) in [5.74, 6) is -1.08. The Hall–Kier alpha value is -3.15. The largest absolute Gasteiger partial charge is 0.504 e. The minimum Gasteiger partial charge on any atom is -0.504 e. The third kappa shape index (κ3) is 4.59. The van der Waals surface area contributed by atoms with Crippen LogP contribution in [-0.4, -0.2) is 26.9 Å². The fraction of sp³-hybridized carbons (Fsp3) is 0.464. The molecule has 0 aromatic heterocycles. The van der Waals surface area contributed by atoms with E-state index >= 15 is 0 Å². The zero-order valence-electron chi connectivity index (χ0n) is 20.4. The van der Waals surface area contributed by atoms with E-state index < -0.39 is 23.2 Å². The number of esters is 1. The van der Waals surface area contributed by atoms with Crippen molar-refractivity contribution in [1.82, 2.24) is 0 Å². The Kier molecular flexibility index (Phi) is 6.52. The highest BCUT2D eigenvalue weighted by molar-refractivity contribution is 5.93. The average Bonchev–Trinajstić information content (AvgIpc) is 2.76. The first-order valence-corrected chi connectivity index (χ1v) is 12.1. The van der Waals surface area contributed by atoms with Crippen molar-refractivity contribution >= 4 is 5.97 Å². The number of aromatic hydroxyl groups is 3. The maximum atomic E-state index is 13.1. The Bertz CT molecular complexity index is 1110. The maximum Gasteiger partial charge on any atom is 0.343 e. The third-order valence-electron chi connectivity index (χ3n) is 7.09. The van der Waals surface area contributed by atoms with Crippen LogP contribution in [0.5, 0.6) is 28.7 Å². The first-order valence-electron chi connectivity index (χ1n) is 12.1. The number of fused-ring (bicyclic) bond motifs is 3. The van der Waals surface area contributed by atoms with Gasteiger partial charge in [-0.1, -0.05) is 31.4 Å². The van der Waals surface area contributed by atoms with Crippen LogP contribution in [0.4, 0.5) is 0 Å². The average molecular weight is 467 g/mol.